The quantitative estimate of drug-likeness (QED) is 0.520. The fourth-order valence-corrected chi connectivity index (χ4v) is 5.68. The highest BCUT2D eigenvalue weighted by atomic mass is 32.1. The van der Waals surface area contributed by atoms with Crippen molar-refractivity contribution in [1.82, 2.24) is 4.57 Å². The average Bonchev–Trinajstić information content (AvgIpc) is 3.24. The summed E-state index contributed by atoms with van der Waals surface area (Å²) in [6.07, 6.45) is 5.21. The Hall–Kier alpha value is -1.84. The zero-order valence-corrected chi connectivity index (χ0v) is 17.3. The van der Waals surface area contributed by atoms with Crippen molar-refractivity contribution in [1.29, 1.82) is 0 Å². The first-order chi connectivity index (χ1) is 13.2. The summed E-state index contributed by atoms with van der Waals surface area (Å²) in [6.45, 7) is 7.65. The van der Waals surface area contributed by atoms with Crippen molar-refractivity contribution in [3.63, 3.8) is 0 Å². The molecule has 0 amide bonds. The lowest BCUT2D eigenvalue weighted by molar-refractivity contribution is 0.228. The van der Waals surface area contributed by atoms with Gasteiger partial charge in [0.15, 0.2) is 0 Å². The second-order valence-electron chi connectivity index (χ2n) is 7.72. The van der Waals surface area contributed by atoms with Crippen molar-refractivity contribution in [2.75, 3.05) is 0 Å². The summed E-state index contributed by atoms with van der Waals surface area (Å²) in [5.74, 6) is 1.16. The third-order valence-electron chi connectivity index (χ3n) is 6.19. The third-order valence-corrected chi connectivity index (χ3v) is 7.15. The fraction of sp³-hybridized carbons (Fsp3) is 0.417. The van der Waals surface area contributed by atoms with Crippen LogP contribution in [0.1, 0.15) is 68.9 Å². The molecule has 2 heterocycles. The van der Waals surface area contributed by atoms with Crippen LogP contribution in [-0.2, 0) is 6.54 Å². The van der Waals surface area contributed by atoms with Crippen LogP contribution in [0.15, 0.2) is 47.9 Å². The van der Waals surface area contributed by atoms with Gasteiger partial charge in [-0.2, -0.15) is 0 Å². The molecule has 3 heteroatoms. The number of fused-ring (bicyclic) bond motifs is 2. The van der Waals surface area contributed by atoms with Crippen molar-refractivity contribution in [2.24, 2.45) is 5.92 Å². The standard InChI is InChI=1S/C24H29NOS/c1-4-8-17-11-12-21(20-10-7-6-9-19(20)16(17)3)23(26)22-15-18-13-14-27-24(18)25(22)5-2/h6-7,9-10,12-17,23,26H,4-5,8,11H2,1-3H3. The Morgan fingerprint density at radius 1 is 1.22 bits per heavy atom. The Labute approximate surface area is 166 Å². The van der Waals surface area contributed by atoms with E-state index in [9.17, 15) is 5.11 Å². The lowest BCUT2D eigenvalue weighted by atomic mass is 9.82. The van der Waals surface area contributed by atoms with Gasteiger partial charge in [-0.05, 0) is 65.8 Å². The van der Waals surface area contributed by atoms with Gasteiger partial charge in [0, 0.05) is 11.9 Å². The molecule has 27 heavy (non-hydrogen) atoms. The van der Waals surface area contributed by atoms with Crippen LogP contribution in [0.25, 0.3) is 15.8 Å². The van der Waals surface area contributed by atoms with E-state index in [1.54, 1.807) is 11.3 Å². The number of allylic oxidation sites excluding steroid dienone is 1. The van der Waals surface area contributed by atoms with Gasteiger partial charge in [0.25, 0.3) is 0 Å². The van der Waals surface area contributed by atoms with Gasteiger partial charge in [0.1, 0.15) is 10.9 Å². The van der Waals surface area contributed by atoms with E-state index < -0.39 is 6.10 Å². The first-order valence-electron chi connectivity index (χ1n) is 10.2. The minimum absolute atomic E-state index is 0.517. The van der Waals surface area contributed by atoms with Crippen molar-refractivity contribution >= 4 is 27.1 Å². The van der Waals surface area contributed by atoms with E-state index in [-0.39, 0.29) is 0 Å². The Balaban J connectivity index is 1.81. The Morgan fingerprint density at radius 3 is 2.81 bits per heavy atom. The van der Waals surface area contributed by atoms with Crippen molar-refractivity contribution in [3.05, 3.63) is 64.7 Å². The maximum atomic E-state index is 11.5. The number of benzene rings is 1. The molecular formula is C24H29NOS. The Morgan fingerprint density at radius 2 is 2.04 bits per heavy atom. The van der Waals surface area contributed by atoms with Crippen LogP contribution in [-0.4, -0.2) is 9.67 Å². The van der Waals surface area contributed by atoms with Gasteiger partial charge in [0.05, 0.1) is 5.69 Å². The molecule has 0 saturated carbocycles. The Kier molecular flexibility index (Phi) is 5.25. The summed E-state index contributed by atoms with van der Waals surface area (Å²) >= 11 is 1.75. The van der Waals surface area contributed by atoms with E-state index >= 15 is 0 Å². The molecule has 0 spiro atoms. The van der Waals surface area contributed by atoms with Crippen molar-refractivity contribution < 1.29 is 5.11 Å². The van der Waals surface area contributed by atoms with Gasteiger partial charge >= 0.3 is 0 Å². The van der Waals surface area contributed by atoms with Crippen molar-refractivity contribution in [3.8, 4) is 0 Å². The van der Waals surface area contributed by atoms with Gasteiger partial charge in [-0.3, -0.25) is 0 Å². The van der Waals surface area contributed by atoms with Gasteiger partial charge in [0.2, 0.25) is 0 Å². The molecule has 0 aliphatic heterocycles. The van der Waals surface area contributed by atoms with E-state index in [1.807, 2.05) is 0 Å². The molecule has 0 radical (unpaired) electrons. The van der Waals surface area contributed by atoms with Crippen LogP contribution in [0.5, 0.6) is 0 Å². The van der Waals surface area contributed by atoms with Gasteiger partial charge < -0.3 is 9.67 Å². The normalized spacial score (nSPS) is 21.0. The minimum atomic E-state index is -0.585. The first-order valence-corrected chi connectivity index (χ1v) is 11.1. The van der Waals surface area contributed by atoms with E-state index in [1.165, 1.54) is 34.2 Å². The van der Waals surface area contributed by atoms with Crippen molar-refractivity contribution in [2.45, 2.75) is 58.6 Å². The summed E-state index contributed by atoms with van der Waals surface area (Å²) in [4.78, 5) is 1.26. The summed E-state index contributed by atoms with van der Waals surface area (Å²) in [6, 6.07) is 13.0. The predicted molar refractivity (Wildman–Crippen MR) is 116 cm³/mol. The van der Waals surface area contributed by atoms with Crippen LogP contribution in [0.3, 0.4) is 0 Å². The van der Waals surface area contributed by atoms with Gasteiger partial charge in [-0.25, -0.2) is 0 Å². The molecule has 1 aliphatic carbocycles. The van der Waals surface area contributed by atoms with Crippen LogP contribution >= 0.6 is 11.3 Å². The zero-order valence-electron chi connectivity index (χ0n) is 16.5. The molecule has 3 atom stereocenters. The van der Waals surface area contributed by atoms with E-state index in [0.717, 1.165) is 24.2 Å². The summed E-state index contributed by atoms with van der Waals surface area (Å²) in [7, 11) is 0. The second-order valence-corrected chi connectivity index (χ2v) is 8.61. The topological polar surface area (TPSA) is 25.2 Å². The summed E-state index contributed by atoms with van der Waals surface area (Å²) in [5, 5.41) is 14.8. The second kappa shape index (κ2) is 7.65. The SMILES string of the molecule is CCCC1CC=C(C(O)c2cc3ccsc3n2CC)c2ccccc2C1C. The molecule has 1 aliphatic rings. The minimum Gasteiger partial charge on any atom is -0.382 e. The number of nitrogens with zero attached hydrogens (tertiary/aromatic N) is 1. The molecule has 3 aromatic rings. The van der Waals surface area contributed by atoms with E-state index in [4.69, 9.17) is 0 Å². The van der Waals surface area contributed by atoms with Crippen LogP contribution in [0.4, 0.5) is 0 Å². The molecule has 4 rings (SSSR count). The molecule has 142 valence electrons. The number of hydrogen-bond acceptors (Lipinski definition) is 2. The number of rotatable bonds is 5. The van der Waals surface area contributed by atoms with Crippen LogP contribution < -0.4 is 0 Å². The smallest absolute Gasteiger partial charge is 0.119 e. The molecule has 0 saturated heterocycles. The zero-order chi connectivity index (χ0) is 19.0. The summed E-state index contributed by atoms with van der Waals surface area (Å²) < 4.78 is 2.27. The lowest BCUT2D eigenvalue weighted by Crippen LogP contribution is -2.10. The molecule has 2 nitrogen and oxygen atoms in total. The summed E-state index contributed by atoms with van der Waals surface area (Å²) in [5.41, 5.74) is 4.70. The maximum absolute atomic E-state index is 11.5. The first kappa shape index (κ1) is 18.5. The molecule has 1 aromatic carbocycles. The monoisotopic (exact) mass is 379 g/mol. The largest absolute Gasteiger partial charge is 0.382 e. The number of thiophene rings is 1. The molecular weight excluding hydrogens is 350 g/mol. The number of aryl methyl sites for hydroxylation is 1. The third kappa shape index (κ3) is 3.17. The van der Waals surface area contributed by atoms with E-state index in [0.29, 0.717) is 11.8 Å². The predicted octanol–water partition coefficient (Wildman–Crippen LogP) is 6.76. The van der Waals surface area contributed by atoms with Gasteiger partial charge in [-0.1, -0.05) is 50.6 Å². The number of aromatic nitrogens is 1. The van der Waals surface area contributed by atoms with Crippen LogP contribution in [0, 0.1) is 5.92 Å². The Bertz CT molecular complexity index is 964. The highest BCUT2D eigenvalue weighted by Crippen LogP contribution is 2.43. The highest BCUT2D eigenvalue weighted by molar-refractivity contribution is 7.16. The lowest BCUT2D eigenvalue weighted by Gasteiger charge is -2.23. The van der Waals surface area contributed by atoms with Gasteiger partial charge in [-0.15, -0.1) is 11.3 Å². The average molecular weight is 380 g/mol. The fourth-order valence-electron chi connectivity index (χ4n) is 4.71. The number of hydrogen-bond donors (Lipinski definition) is 1. The molecule has 0 fully saturated rings. The highest BCUT2D eigenvalue weighted by Gasteiger charge is 2.28. The maximum Gasteiger partial charge on any atom is 0.119 e. The molecule has 1 N–H and O–H groups in total. The molecule has 0 bridgehead atoms. The van der Waals surface area contributed by atoms with Crippen LogP contribution in [0.2, 0.25) is 0 Å². The molecule has 2 aromatic heterocycles. The number of aliphatic hydroxyl groups is 1. The van der Waals surface area contributed by atoms with E-state index in [2.05, 4.69) is 73.2 Å². The molecule has 3 unspecified atom stereocenters. The number of aliphatic hydroxyl groups excluding tert-OH is 1.